The van der Waals surface area contributed by atoms with Crippen LogP contribution in [-0.4, -0.2) is 40.0 Å². The van der Waals surface area contributed by atoms with Gasteiger partial charge < -0.3 is 14.8 Å². The zero-order valence-electron chi connectivity index (χ0n) is 9.30. The van der Waals surface area contributed by atoms with Crippen molar-refractivity contribution in [3.8, 4) is 0 Å². The van der Waals surface area contributed by atoms with Crippen molar-refractivity contribution < 1.29 is 9.47 Å². The van der Waals surface area contributed by atoms with E-state index in [-0.39, 0.29) is 0 Å². The fourth-order valence-corrected chi connectivity index (χ4v) is 1.13. The molecule has 3 nitrogen and oxygen atoms in total. The van der Waals surface area contributed by atoms with Gasteiger partial charge in [0.05, 0.1) is 6.10 Å². The van der Waals surface area contributed by atoms with Crippen LogP contribution in [0.3, 0.4) is 0 Å². The third kappa shape index (κ3) is 6.99. The van der Waals surface area contributed by atoms with Crippen LogP contribution >= 0.6 is 0 Å². The Kier molecular flexibility index (Phi) is 8.40. The van der Waals surface area contributed by atoms with Crippen LogP contribution in [0.2, 0.25) is 0 Å². The third-order valence-electron chi connectivity index (χ3n) is 1.97. The van der Waals surface area contributed by atoms with Crippen LogP contribution in [-0.2, 0) is 9.47 Å². The Morgan fingerprint density at radius 2 is 1.92 bits per heavy atom. The van der Waals surface area contributed by atoms with Crippen LogP contribution in [0.15, 0.2) is 0 Å². The van der Waals surface area contributed by atoms with Crippen LogP contribution < -0.4 is 5.32 Å². The van der Waals surface area contributed by atoms with Crippen LogP contribution in [0.25, 0.3) is 0 Å². The Hall–Kier alpha value is -0.120. The summed E-state index contributed by atoms with van der Waals surface area (Å²) < 4.78 is 10.7. The molecule has 0 aromatic rings. The first-order valence-corrected chi connectivity index (χ1v) is 4.97. The lowest BCUT2D eigenvalue weighted by Crippen LogP contribution is -2.31. The molecule has 0 aromatic heterocycles. The van der Waals surface area contributed by atoms with Gasteiger partial charge in [0.2, 0.25) is 0 Å². The first-order valence-electron chi connectivity index (χ1n) is 4.97. The number of nitrogens with one attached hydrogen (secondary N) is 1. The number of hydrogen-bond acceptors (Lipinski definition) is 3. The largest absolute Gasteiger partial charge is 0.385 e. The molecule has 0 aliphatic carbocycles. The fourth-order valence-electron chi connectivity index (χ4n) is 1.13. The van der Waals surface area contributed by atoms with Crippen molar-refractivity contribution in [1.82, 2.24) is 5.32 Å². The SMILES string of the molecule is CNCC(OCCCOC)C(C)C. The molecule has 0 rings (SSSR count). The zero-order chi connectivity index (χ0) is 10.1. The first kappa shape index (κ1) is 12.9. The van der Waals surface area contributed by atoms with Gasteiger partial charge in [0, 0.05) is 26.9 Å². The number of hydrogen-bond donors (Lipinski definition) is 1. The molecule has 0 fully saturated rings. The maximum atomic E-state index is 5.70. The zero-order valence-corrected chi connectivity index (χ0v) is 9.30. The first-order chi connectivity index (χ1) is 6.22. The Morgan fingerprint density at radius 3 is 2.38 bits per heavy atom. The van der Waals surface area contributed by atoms with E-state index in [1.807, 2.05) is 7.05 Å². The van der Waals surface area contributed by atoms with Gasteiger partial charge in [-0.15, -0.1) is 0 Å². The molecule has 1 N–H and O–H groups in total. The van der Waals surface area contributed by atoms with Crippen molar-refractivity contribution in [2.45, 2.75) is 26.4 Å². The number of methoxy groups -OCH3 is 1. The number of ether oxygens (including phenoxy) is 2. The van der Waals surface area contributed by atoms with Gasteiger partial charge in [-0.2, -0.15) is 0 Å². The molecule has 13 heavy (non-hydrogen) atoms. The van der Waals surface area contributed by atoms with E-state index in [2.05, 4.69) is 19.2 Å². The quantitative estimate of drug-likeness (QED) is 0.584. The lowest BCUT2D eigenvalue weighted by atomic mass is 10.1. The van der Waals surface area contributed by atoms with Crippen molar-refractivity contribution in [2.75, 3.05) is 33.9 Å². The van der Waals surface area contributed by atoms with Crippen molar-refractivity contribution in [3.05, 3.63) is 0 Å². The molecular formula is C10H23NO2. The molecule has 0 amide bonds. The number of rotatable bonds is 8. The highest BCUT2D eigenvalue weighted by molar-refractivity contribution is 4.64. The number of likely N-dealkylation sites (N-methyl/N-ethyl adjacent to an activating group) is 1. The summed E-state index contributed by atoms with van der Waals surface area (Å²) in [6, 6.07) is 0. The maximum absolute atomic E-state index is 5.70. The average molecular weight is 189 g/mol. The van der Waals surface area contributed by atoms with E-state index in [9.17, 15) is 0 Å². The van der Waals surface area contributed by atoms with Gasteiger partial charge in [-0.1, -0.05) is 13.8 Å². The van der Waals surface area contributed by atoms with Crippen molar-refractivity contribution >= 4 is 0 Å². The van der Waals surface area contributed by atoms with Crippen molar-refractivity contribution in [2.24, 2.45) is 5.92 Å². The second-order valence-electron chi connectivity index (χ2n) is 3.56. The molecular weight excluding hydrogens is 166 g/mol. The Labute approximate surface area is 81.8 Å². The van der Waals surface area contributed by atoms with E-state index in [0.29, 0.717) is 12.0 Å². The molecule has 1 unspecified atom stereocenters. The van der Waals surface area contributed by atoms with Gasteiger partial charge in [-0.25, -0.2) is 0 Å². The maximum Gasteiger partial charge on any atom is 0.0722 e. The van der Waals surface area contributed by atoms with Crippen LogP contribution in [0, 0.1) is 5.92 Å². The molecule has 0 radical (unpaired) electrons. The summed E-state index contributed by atoms with van der Waals surface area (Å²) in [5, 5.41) is 3.13. The molecule has 0 aliphatic rings. The van der Waals surface area contributed by atoms with Crippen molar-refractivity contribution in [1.29, 1.82) is 0 Å². The highest BCUT2D eigenvalue weighted by atomic mass is 16.5. The highest BCUT2D eigenvalue weighted by Gasteiger charge is 2.11. The minimum Gasteiger partial charge on any atom is -0.385 e. The standard InChI is InChI=1S/C10H23NO2/c1-9(2)10(8-11-3)13-7-5-6-12-4/h9-11H,5-8H2,1-4H3. The normalized spacial score (nSPS) is 13.6. The minimum atomic E-state index is 0.321. The Morgan fingerprint density at radius 1 is 1.23 bits per heavy atom. The summed E-state index contributed by atoms with van der Waals surface area (Å²) in [7, 11) is 3.67. The molecule has 0 heterocycles. The minimum absolute atomic E-state index is 0.321. The van der Waals surface area contributed by atoms with Gasteiger partial charge in [0.1, 0.15) is 0 Å². The van der Waals surface area contributed by atoms with Crippen LogP contribution in [0.1, 0.15) is 20.3 Å². The molecule has 3 heteroatoms. The summed E-state index contributed by atoms with van der Waals surface area (Å²) in [5.74, 6) is 0.565. The molecule has 0 aromatic carbocycles. The van der Waals surface area contributed by atoms with Crippen molar-refractivity contribution in [3.63, 3.8) is 0 Å². The van der Waals surface area contributed by atoms with Gasteiger partial charge in [0.25, 0.3) is 0 Å². The van der Waals surface area contributed by atoms with Gasteiger partial charge in [-0.05, 0) is 19.4 Å². The average Bonchev–Trinajstić information content (AvgIpc) is 2.10. The van der Waals surface area contributed by atoms with Crippen LogP contribution in [0.4, 0.5) is 0 Å². The van der Waals surface area contributed by atoms with Crippen LogP contribution in [0.5, 0.6) is 0 Å². The second kappa shape index (κ2) is 8.48. The van der Waals surface area contributed by atoms with E-state index in [1.54, 1.807) is 7.11 Å². The molecule has 0 saturated carbocycles. The predicted octanol–water partition coefficient (Wildman–Crippen LogP) is 1.28. The summed E-state index contributed by atoms with van der Waals surface area (Å²) in [4.78, 5) is 0. The fraction of sp³-hybridized carbons (Fsp3) is 1.00. The van der Waals surface area contributed by atoms with E-state index >= 15 is 0 Å². The summed E-state index contributed by atoms with van der Waals surface area (Å²) in [5.41, 5.74) is 0. The highest BCUT2D eigenvalue weighted by Crippen LogP contribution is 2.05. The third-order valence-corrected chi connectivity index (χ3v) is 1.97. The molecule has 0 spiro atoms. The molecule has 80 valence electrons. The van der Waals surface area contributed by atoms with E-state index in [4.69, 9.17) is 9.47 Å². The van der Waals surface area contributed by atoms with E-state index < -0.39 is 0 Å². The second-order valence-corrected chi connectivity index (χ2v) is 3.56. The van der Waals surface area contributed by atoms with Gasteiger partial charge >= 0.3 is 0 Å². The Balaban J connectivity index is 3.45. The lowest BCUT2D eigenvalue weighted by Gasteiger charge is -2.21. The predicted molar refractivity (Wildman–Crippen MR) is 55.0 cm³/mol. The lowest BCUT2D eigenvalue weighted by molar-refractivity contribution is 0.0142. The van der Waals surface area contributed by atoms with E-state index in [0.717, 1.165) is 26.2 Å². The summed E-state index contributed by atoms with van der Waals surface area (Å²) in [6.07, 6.45) is 1.30. The summed E-state index contributed by atoms with van der Waals surface area (Å²) >= 11 is 0. The smallest absolute Gasteiger partial charge is 0.0722 e. The molecule has 0 bridgehead atoms. The monoisotopic (exact) mass is 189 g/mol. The Bertz CT molecular complexity index is 107. The van der Waals surface area contributed by atoms with Gasteiger partial charge in [0.15, 0.2) is 0 Å². The molecule has 1 atom stereocenters. The molecule has 0 saturated heterocycles. The topological polar surface area (TPSA) is 30.5 Å². The van der Waals surface area contributed by atoms with E-state index in [1.165, 1.54) is 0 Å². The molecule has 0 aliphatic heterocycles. The van der Waals surface area contributed by atoms with Gasteiger partial charge in [-0.3, -0.25) is 0 Å². The summed E-state index contributed by atoms with van der Waals surface area (Å²) in [6.45, 7) is 6.85.